The van der Waals surface area contributed by atoms with Crippen LogP contribution in [0.3, 0.4) is 0 Å². The minimum atomic E-state index is -1.06. The van der Waals surface area contributed by atoms with E-state index in [9.17, 15) is 25.5 Å². The first-order valence-electron chi connectivity index (χ1n) is 17.0. The average molecular weight is 625 g/mol. The van der Waals surface area contributed by atoms with Gasteiger partial charge in [0, 0.05) is 18.9 Å². The normalized spacial score (nSPS) is 55.0. The number of aliphatic hydroxyl groups excluding tert-OH is 4. The van der Waals surface area contributed by atoms with Gasteiger partial charge in [0.05, 0.1) is 36.1 Å². The minimum Gasteiger partial charge on any atom is -0.390 e. The molecule has 10 heteroatoms. The van der Waals surface area contributed by atoms with Crippen LogP contribution in [0.5, 0.6) is 0 Å². The van der Waals surface area contributed by atoms with Crippen molar-refractivity contribution in [2.75, 3.05) is 7.11 Å². The van der Waals surface area contributed by atoms with Crippen molar-refractivity contribution < 1.29 is 49.2 Å². The SMILES string of the molecule is CO[C@H]1[C@@H](O)[C@@H](C)O[C@@H](O[C@H]2CC[C@@]3(C)C(=CC[C@@H]4[C@@H]3CC[C@@]3(C)[C@H]4CC[C@]3(O)[C@H](C)O[C@H]3C[C@@H](O)[C@H](O)[C@@H](C)O3)C2)[C@@H]1O. The molecule has 0 aromatic carbocycles. The summed E-state index contributed by atoms with van der Waals surface area (Å²) in [7, 11) is 1.48. The van der Waals surface area contributed by atoms with Gasteiger partial charge in [0.1, 0.15) is 24.4 Å². The zero-order valence-electron chi connectivity index (χ0n) is 27.3. The van der Waals surface area contributed by atoms with Crippen LogP contribution in [0.15, 0.2) is 11.6 Å². The largest absolute Gasteiger partial charge is 0.390 e. The number of methoxy groups -OCH3 is 1. The summed E-state index contributed by atoms with van der Waals surface area (Å²) in [4.78, 5) is 0. The number of ether oxygens (including phenoxy) is 5. The lowest BCUT2D eigenvalue weighted by Crippen LogP contribution is -2.60. The van der Waals surface area contributed by atoms with Crippen molar-refractivity contribution in [3.8, 4) is 0 Å². The van der Waals surface area contributed by atoms with Gasteiger partial charge in [-0.3, -0.25) is 0 Å². The van der Waals surface area contributed by atoms with Crippen LogP contribution in [0.1, 0.15) is 92.4 Å². The number of fused-ring (bicyclic) bond motifs is 5. The summed E-state index contributed by atoms with van der Waals surface area (Å²) < 4.78 is 29.8. The molecule has 6 rings (SSSR count). The first-order chi connectivity index (χ1) is 20.7. The fraction of sp³-hybridized carbons (Fsp3) is 0.941. The Morgan fingerprint density at radius 1 is 0.909 bits per heavy atom. The van der Waals surface area contributed by atoms with Crippen molar-refractivity contribution in [1.29, 1.82) is 0 Å². The van der Waals surface area contributed by atoms with E-state index >= 15 is 0 Å². The van der Waals surface area contributed by atoms with Gasteiger partial charge >= 0.3 is 0 Å². The summed E-state index contributed by atoms with van der Waals surface area (Å²) in [6.45, 7) is 10.1. The van der Waals surface area contributed by atoms with E-state index < -0.39 is 67.0 Å². The quantitative estimate of drug-likeness (QED) is 0.280. The molecule has 5 N–H and O–H groups in total. The van der Waals surface area contributed by atoms with E-state index in [1.54, 1.807) is 13.8 Å². The van der Waals surface area contributed by atoms with Gasteiger partial charge in [-0.15, -0.1) is 0 Å². The van der Waals surface area contributed by atoms with Gasteiger partial charge in [-0.2, -0.15) is 0 Å². The molecule has 0 aromatic heterocycles. The van der Waals surface area contributed by atoms with Crippen molar-refractivity contribution in [1.82, 2.24) is 0 Å². The summed E-state index contributed by atoms with van der Waals surface area (Å²) in [5, 5.41) is 53.8. The first-order valence-corrected chi connectivity index (χ1v) is 17.0. The lowest BCUT2D eigenvalue weighted by atomic mass is 9.46. The molecule has 2 aliphatic heterocycles. The number of hydrogen-bond donors (Lipinski definition) is 5. The molecule has 17 atom stereocenters. The van der Waals surface area contributed by atoms with Gasteiger partial charge in [-0.1, -0.05) is 25.5 Å². The van der Waals surface area contributed by atoms with Crippen LogP contribution < -0.4 is 0 Å². The first kappa shape index (κ1) is 33.2. The van der Waals surface area contributed by atoms with Gasteiger partial charge in [-0.25, -0.2) is 0 Å². The Morgan fingerprint density at radius 3 is 2.32 bits per heavy atom. The van der Waals surface area contributed by atoms with Crippen LogP contribution in [0.2, 0.25) is 0 Å². The smallest absolute Gasteiger partial charge is 0.186 e. The van der Waals surface area contributed by atoms with Gasteiger partial charge in [-0.05, 0) is 95.3 Å². The predicted octanol–water partition coefficient (Wildman–Crippen LogP) is 2.81. The number of allylic oxidation sites excluding steroid dienone is 1. The fourth-order valence-corrected chi connectivity index (χ4v) is 10.5. The van der Waals surface area contributed by atoms with Gasteiger partial charge < -0.3 is 49.2 Å². The topological polar surface area (TPSA) is 147 Å². The molecule has 0 radical (unpaired) electrons. The van der Waals surface area contributed by atoms with Crippen LogP contribution in [0.4, 0.5) is 0 Å². The fourth-order valence-electron chi connectivity index (χ4n) is 10.5. The van der Waals surface area contributed by atoms with Crippen LogP contribution in [0, 0.1) is 28.6 Å². The Kier molecular flexibility index (Phi) is 9.14. The maximum Gasteiger partial charge on any atom is 0.186 e. The molecule has 0 aromatic rings. The standard InChI is InChI=1S/C34H56O10/c1-17-27(36)25(35)16-26(41-17)43-19(3)34(39)14-11-24-22-8-7-20-15-21(9-12-32(20,4)23(22)10-13-33(24,34)5)44-31-29(38)30(40-6)28(37)18(2)42-31/h7,17-19,21-31,35-39H,8-16H2,1-6H3/t17-,18-,19+,21+,22-,23+,24+,25-,26+,27-,28+,29-,30+,31+,32+,33+,34+/m1/s1. The summed E-state index contributed by atoms with van der Waals surface area (Å²) in [5.74, 6) is 1.39. The molecule has 6 aliphatic rings. The maximum absolute atomic E-state index is 12.3. The molecule has 4 aliphatic carbocycles. The average Bonchev–Trinajstić information content (AvgIpc) is 3.26. The van der Waals surface area contributed by atoms with Crippen LogP contribution in [0.25, 0.3) is 0 Å². The zero-order chi connectivity index (χ0) is 31.8. The predicted molar refractivity (Wildman–Crippen MR) is 160 cm³/mol. The molecular weight excluding hydrogens is 568 g/mol. The van der Waals surface area contributed by atoms with Crippen molar-refractivity contribution in [2.45, 2.75) is 166 Å². The van der Waals surface area contributed by atoms with E-state index in [1.165, 1.54) is 12.7 Å². The highest BCUT2D eigenvalue weighted by atomic mass is 16.7. The Labute approximate surface area is 262 Å². The molecule has 252 valence electrons. The Hall–Kier alpha value is -0.660. The van der Waals surface area contributed by atoms with E-state index in [1.807, 2.05) is 6.92 Å². The second-order valence-corrected chi connectivity index (χ2v) is 15.4. The lowest BCUT2D eigenvalue weighted by Gasteiger charge is -2.59. The Bertz CT molecular complexity index is 1060. The number of hydrogen-bond acceptors (Lipinski definition) is 10. The molecule has 2 saturated heterocycles. The van der Waals surface area contributed by atoms with Gasteiger partial charge in [0.2, 0.25) is 0 Å². The summed E-state index contributed by atoms with van der Waals surface area (Å²) in [5.41, 5.74) is 0.218. The molecule has 44 heavy (non-hydrogen) atoms. The van der Waals surface area contributed by atoms with E-state index in [-0.39, 0.29) is 23.4 Å². The molecule has 0 amide bonds. The monoisotopic (exact) mass is 624 g/mol. The molecule has 3 saturated carbocycles. The highest BCUT2D eigenvalue weighted by Crippen LogP contribution is 2.68. The minimum absolute atomic E-state index is 0.0700. The third-order valence-corrected chi connectivity index (χ3v) is 13.4. The highest BCUT2D eigenvalue weighted by Gasteiger charge is 2.65. The second kappa shape index (κ2) is 12.1. The zero-order valence-corrected chi connectivity index (χ0v) is 27.3. The van der Waals surface area contributed by atoms with Crippen molar-refractivity contribution in [3.05, 3.63) is 11.6 Å². The van der Waals surface area contributed by atoms with E-state index in [0.717, 1.165) is 44.9 Å². The summed E-state index contributed by atoms with van der Waals surface area (Å²) in [6, 6.07) is 0. The third kappa shape index (κ3) is 5.24. The van der Waals surface area contributed by atoms with E-state index in [2.05, 4.69) is 19.9 Å². The third-order valence-electron chi connectivity index (χ3n) is 13.4. The molecule has 2 heterocycles. The lowest BCUT2D eigenvalue weighted by molar-refractivity contribution is -0.309. The van der Waals surface area contributed by atoms with Crippen molar-refractivity contribution in [2.24, 2.45) is 28.6 Å². The molecule has 0 bridgehead atoms. The Morgan fingerprint density at radius 2 is 1.61 bits per heavy atom. The van der Waals surface area contributed by atoms with Crippen LogP contribution >= 0.6 is 0 Å². The maximum atomic E-state index is 12.3. The van der Waals surface area contributed by atoms with Crippen LogP contribution in [-0.4, -0.2) is 106 Å². The molecule has 0 spiro atoms. The van der Waals surface area contributed by atoms with E-state index in [4.69, 9.17) is 23.7 Å². The van der Waals surface area contributed by atoms with E-state index in [0.29, 0.717) is 24.2 Å². The molecule has 0 unspecified atom stereocenters. The van der Waals surface area contributed by atoms with Crippen molar-refractivity contribution >= 4 is 0 Å². The van der Waals surface area contributed by atoms with Gasteiger partial charge in [0.25, 0.3) is 0 Å². The number of rotatable bonds is 6. The van der Waals surface area contributed by atoms with Crippen LogP contribution in [-0.2, 0) is 23.7 Å². The number of aliphatic hydroxyl groups is 5. The van der Waals surface area contributed by atoms with Gasteiger partial charge in [0.15, 0.2) is 12.6 Å². The molecular formula is C34H56O10. The summed E-state index contributed by atoms with van der Waals surface area (Å²) in [6.07, 6.45) is 2.27. The summed E-state index contributed by atoms with van der Waals surface area (Å²) >= 11 is 0. The highest BCUT2D eigenvalue weighted by molar-refractivity contribution is 5.26. The molecule has 5 fully saturated rings. The second-order valence-electron chi connectivity index (χ2n) is 15.4. The van der Waals surface area contributed by atoms with Crippen molar-refractivity contribution in [3.63, 3.8) is 0 Å². The molecule has 10 nitrogen and oxygen atoms in total. The Balaban J connectivity index is 1.13.